The van der Waals surface area contributed by atoms with Crippen LogP contribution < -0.4 is 0 Å². The number of hydrogen-bond acceptors (Lipinski definition) is 2. The van der Waals surface area contributed by atoms with Crippen molar-refractivity contribution >= 4 is 18.4 Å². The van der Waals surface area contributed by atoms with Gasteiger partial charge in [0.15, 0.2) is 5.69 Å². The van der Waals surface area contributed by atoms with Crippen LogP contribution in [0.2, 0.25) is 0 Å². The molecule has 0 aliphatic carbocycles. The van der Waals surface area contributed by atoms with Crippen LogP contribution in [-0.2, 0) is 11.8 Å². The quantitative estimate of drug-likeness (QED) is 0.761. The molecule has 0 aliphatic rings. The summed E-state index contributed by atoms with van der Waals surface area (Å²) >= 11 is 0. The number of H-pyrrole nitrogens is 1. The minimum atomic E-state index is -0.274. The molecule has 80 valence electrons. The summed E-state index contributed by atoms with van der Waals surface area (Å²) in [5.74, 6) is -0.274. The van der Waals surface area contributed by atoms with E-state index in [1.807, 2.05) is 13.8 Å². The van der Waals surface area contributed by atoms with Crippen LogP contribution in [0.1, 0.15) is 32.7 Å². The van der Waals surface area contributed by atoms with E-state index in [-0.39, 0.29) is 19.8 Å². The SMILES string of the molecule is CC.CCOC(=O)c1c[nH]n1C.Cl.[HH]. The van der Waals surface area contributed by atoms with Gasteiger partial charge in [0.05, 0.1) is 12.8 Å². The smallest absolute Gasteiger partial charge is 0.358 e. The first-order valence-electron chi connectivity index (χ1n) is 4.13. The molecule has 0 fully saturated rings. The van der Waals surface area contributed by atoms with Crippen LogP contribution in [0.4, 0.5) is 0 Å². The molecule has 5 heteroatoms. The molecule has 0 radical (unpaired) electrons. The van der Waals surface area contributed by atoms with Crippen LogP contribution in [0.15, 0.2) is 6.20 Å². The Hall–Kier alpha value is -0.900. The van der Waals surface area contributed by atoms with E-state index in [9.17, 15) is 4.79 Å². The Labute approximate surface area is 86.1 Å². The largest absolute Gasteiger partial charge is 0.461 e. The van der Waals surface area contributed by atoms with Crippen molar-refractivity contribution < 1.29 is 11.0 Å². The molecule has 0 amide bonds. The molecule has 0 unspecified atom stereocenters. The van der Waals surface area contributed by atoms with E-state index in [1.54, 1.807) is 24.9 Å². The number of halogens is 1. The molecule has 0 atom stereocenters. The number of esters is 1. The number of aryl methyl sites for hydroxylation is 1. The maximum Gasteiger partial charge on any atom is 0.358 e. The monoisotopic (exact) mass is 210 g/mol. The molecule has 0 spiro atoms. The molecule has 1 N–H and O–H groups in total. The number of hydrogen-bond donors (Lipinski definition) is 1. The molecule has 0 aromatic carbocycles. The number of rotatable bonds is 2. The van der Waals surface area contributed by atoms with Crippen LogP contribution in [0.5, 0.6) is 0 Å². The van der Waals surface area contributed by atoms with Gasteiger partial charge in [-0.05, 0) is 6.92 Å². The van der Waals surface area contributed by atoms with Crippen molar-refractivity contribution in [1.82, 2.24) is 9.78 Å². The lowest BCUT2D eigenvalue weighted by atomic mass is 10.4. The van der Waals surface area contributed by atoms with Crippen molar-refractivity contribution in [3.8, 4) is 0 Å². The van der Waals surface area contributed by atoms with Gasteiger partial charge in [0.2, 0.25) is 0 Å². The average molecular weight is 211 g/mol. The lowest BCUT2D eigenvalue weighted by molar-refractivity contribution is 0.0505. The molecular weight excluding hydrogens is 192 g/mol. The lowest BCUT2D eigenvalue weighted by Crippen LogP contribution is -2.18. The second kappa shape index (κ2) is 7.73. The van der Waals surface area contributed by atoms with Crippen molar-refractivity contribution in [1.29, 1.82) is 0 Å². The highest BCUT2D eigenvalue weighted by Gasteiger charge is 2.10. The normalized spacial score (nSPS) is 8.00. The Balaban J connectivity index is -0.000000284. The number of aromatic amines is 1. The zero-order valence-corrected chi connectivity index (χ0v) is 9.27. The maximum absolute atomic E-state index is 10.9. The Bertz CT molecular complexity index is 236. The fourth-order valence-electron chi connectivity index (χ4n) is 0.659. The zero-order valence-electron chi connectivity index (χ0n) is 8.46. The van der Waals surface area contributed by atoms with E-state index in [4.69, 9.17) is 4.74 Å². The Morgan fingerprint density at radius 1 is 1.69 bits per heavy atom. The van der Waals surface area contributed by atoms with Crippen LogP contribution in [-0.4, -0.2) is 22.4 Å². The summed E-state index contributed by atoms with van der Waals surface area (Å²) in [4.78, 5) is 10.9. The van der Waals surface area contributed by atoms with Crippen molar-refractivity contribution in [3.05, 3.63) is 11.9 Å². The van der Waals surface area contributed by atoms with E-state index < -0.39 is 0 Å². The highest BCUT2D eigenvalue weighted by molar-refractivity contribution is 5.87. The highest BCUT2D eigenvalue weighted by Crippen LogP contribution is 1.98. The number of nitrogens with one attached hydrogen (secondary N) is 1. The van der Waals surface area contributed by atoms with Gasteiger partial charge in [0, 0.05) is 8.47 Å². The summed E-state index contributed by atoms with van der Waals surface area (Å²) < 4.78 is 6.34. The van der Waals surface area contributed by atoms with Crippen LogP contribution in [0.25, 0.3) is 0 Å². The van der Waals surface area contributed by atoms with Gasteiger partial charge < -0.3 is 9.84 Å². The third-order valence-electron chi connectivity index (χ3n) is 1.24. The number of aromatic nitrogens is 2. The summed E-state index contributed by atoms with van der Waals surface area (Å²) in [6.07, 6.45) is 1.61. The second-order valence-electron chi connectivity index (χ2n) is 1.94. The fraction of sp³-hybridized carbons (Fsp3) is 0.625. The molecular formula is C8H19ClN2O2. The predicted molar refractivity (Wildman–Crippen MR) is 56.4 cm³/mol. The van der Waals surface area contributed by atoms with Gasteiger partial charge in [-0.2, -0.15) is 0 Å². The average Bonchev–Trinajstić information content (AvgIpc) is 2.06. The van der Waals surface area contributed by atoms with E-state index in [0.717, 1.165) is 0 Å². The summed E-state index contributed by atoms with van der Waals surface area (Å²) in [6, 6.07) is 0. The third-order valence-corrected chi connectivity index (χ3v) is 1.24. The van der Waals surface area contributed by atoms with Gasteiger partial charge in [-0.3, -0.25) is 4.68 Å². The van der Waals surface area contributed by atoms with Gasteiger partial charge in [-0.25, -0.2) is 4.79 Å². The molecule has 0 saturated carbocycles. The Morgan fingerprint density at radius 3 is 2.46 bits per heavy atom. The lowest BCUT2D eigenvalue weighted by Gasteiger charge is -2.10. The van der Waals surface area contributed by atoms with Crippen molar-refractivity contribution in [2.75, 3.05) is 6.61 Å². The Morgan fingerprint density at radius 2 is 2.23 bits per heavy atom. The van der Waals surface area contributed by atoms with Gasteiger partial charge in [0.25, 0.3) is 0 Å². The molecule has 0 saturated heterocycles. The van der Waals surface area contributed by atoms with Gasteiger partial charge >= 0.3 is 5.97 Å². The zero-order chi connectivity index (χ0) is 9.56. The predicted octanol–water partition coefficient (Wildman–Crippen LogP) is 2.22. The molecule has 1 heterocycles. The first-order valence-corrected chi connectivity index (χ1v) is 4.13. The van der Waals surface area contributed by atoms with Gasteiger partial charge in [0.1, 0.15) is 0 Å². The first kappa shape index (κ1) is 14.6. The van der Waals surface area contributed by atoms with E-state index in [2.05, 4.69) is 5.10 Å². The van der Waals surface area contributed by atoms with Crippen molar-refractivity contribution in [2.45, 2.75) is 20.8 Å². The minimum absolute atomic E-state index is 0. The van der Waals surface area contributed by atoms with Gasteiger partial charge in [-0.1, -0.05) is 13.8 Å². The van der Waals surface area contributed by atoms with Crippen LogP contribution in [0, 0.1) is 0 Å². The first-order chi connectivity index (χ1) is 5.75. The van der Waals surface area contributed by atoms with E-state index in [1.165, 1.54) is 0 Å². The molecule has 0 aliphatic heterocycles. The molecule has 4 nitrogen and oxygen atoms in total. The van der Waals surface area contributed by atoms with Crippen LogP contribution in [0.3, 0.4) is 0 Å². The number of carbonyl (C=O) groups excluding carboxylic acids is 1. The van der Waals surface area contributed by atoms with Crippen molar-refractivity contribution in [2.24, 2.45) is 7.05 Å². The molecule has 1 aromatic rings. The molecule has 13 heavy (non-hydrogen) atoms. The number of ether oxygens (including phenoxy) is 1. The molecule has 0 bridgehead atoms. The van der Waals surface area contributed by atoms with Crippen LogP contribution >= 0.6 is 12.4 Å². The summed E-state index contributed by atoms with van der Waals surface area (Å²) in [6.45, 7) is 6.20. The minimum Gasteiger partial charge on any atom is -0.461 e. The molecule has 1 aromatic heterocycles. The summed E-state index contributed by atoms with van der Waals surface area (Å²) in [7, 11) is 1.76. The molecule has 1 rings (SSSR count). The third kappa shape index (κ3) is 4.03. The fourth-order valence-corrected chi connectivity index (χ4v) is 0.659. The van der Waals surface area contributed by atoms with Crippen molar-refractivity contribution in [3.63, 3.8) is 0 Å². The van der Waals surface area contributed by atoms with E-state index in [0.29, 0.717) is 12.3 Å². The Kier molecular flexibility index (Phi) is 8.69. The van der Waals surface area contributed by atoms with Gasteiger partial charge in [-0.15, -0.1) is 12.4 Å². The van der Waals surface area contributed by atoms with E-state index >= 15 is 0 Å². The number of nitrogens with zero attached hydrogens (tertiary/aromatic N) is 1. The standard InChI is InChI=1S/C6H10N2O2.C2H6.ClH.H2/c1-3-10-6(9)5-4-7-8(5)2;1-2;;/h4,7H,3H2,1-2H3;1-2H3;2*1H. The topological polar surface area (TPSA) is 47.0 Å². The summed E-state index contributed by atoms with van der Waals surface area (Å²) in [5.41, 5.74) is 0.571. The maximum atomic E-state index is 10.9. The highest BCUT2D eigenvalue weighted by atomic mass is 35.5. The second-order valence-corrected chi connectivity index (χ2v) is 1.94. The summed E-state index contributed by atoms with van der Waals surface area (Å²) in [5, 5.41) is 2.77. The number of carbonyl (C=O) groups is 1.